The maximum absolute atomic E-state index is 14.8. The molecule has 2 atom stereocenters. The number of primary amides is 1. The zero-order valence-electron chi connectivity index (χ0n) is 24.3. The number of fused-ring (bicyclic) bond motifs is 1. The number of nitrogens with two attached hydrogens (primary N) is 1. The Morgan fingerprint density at radius 2 is 1.78 bits per heavy atom. The summed E-state index contributed by atoms with van der Waals surface area (Å²) in [5, 5.41) is 13.5. The van der Waals surface area contributed by atoms with Crippen LogP contribution in [0.25, 0.3) is 22.4 Å². The molecule has 0 bridgehead atoms. The third-order valence-electron chi connectivity index (χ3n) is 8.06. The van der Waals surface area contributed by atoms with E-state index in [0.717, 1.165) is 31.0 Å². The summed E-state index contributed by atoms with van der Waals surface area (Å²) in [5.41, 5.74) is 0.287. The van der Waals surface area contributed by atoms with Crippen LogP contribution in [0.3, 0.4) is 0 Å². The minimum atomic E-state index is -5.36. The molecule has 1 unspecified atom stereocenters. The highest BCUT2D eigenvalue weighted by atomic mass is 19.4. The molecule has 0 spiro atoms. The molecule has 0 radical (unpaired) electrons. The summed E-state index contributed by atoms with van der Waals surface area (Å²) in [5.74, 6) is -1.99. The van der Waals surface area contributed by atoms with E-state index in [1.165, 1.54) is 56.0 Å². The van der Waals surface area contributed by atoms with Crippen molar-refractivity contribution in [2.75, 3.05) is 13.2 Å². The first-order valence-electron chi connectivity index (χ1n) is 14.2. The quantitative estimate of drug-likeness (QED) is 0.231. The molecule has 1 saturated carbocycles. The number of aromatic nitrogens is 3. The standard InChI is InChI=1S/C32H27F4N5O5/c1-30(29(37)43)15-45-27-23(30)11-25(41-26(27)17-2-5-20(33)6-3-17)31(44,32(34,35)36)14-40-28(42)18-4-9-24(46-21-7-8-21)22(10-18)19-12-38-16-39-13-19/h2-6,9-13,16,21,44H,7-8,14-15H2,1H3,(H2,37,43)(H,40,42)/t30-,31?/m0/s1. The van der Waals surface area contributed by atoms with Crippen LogP contribution in [-0.4, -0.2) is 57.3 Å². The first-order valence-corrected chi connectivity index (χ1v) is 14.2. The molecule has 46 heavy (non-hydrogen) atoms. The molecule has 2 aliphatic rings. The van der Waals surface area contributed by atoms with Crippen molar-refractivity contribution in [3.63, 3.8) is 0 Å². The summed E-state index contributed by atoms with van der Waals surface area (Å²) < 4.78 is 69.6. The summed E-state index contributed by atoms with van der Waals surface area (Å²) in [7, 11) is 0. The van der Waals surface area contributed by atoms with E-state index in [4.69, 9.17) is 15.2 Å². The van der Waals surface area contributed by atoms with Gasteiger partial charge in [0.05, 0.1) is 18.3 Å². The Labute approximate surface area is 259 Å². The van der Waals surface area contributed by atoms with E-state index in [0.29, 0.717) is 16.9 Å². The average Bonchev–Trinajstić information content (AvgIpc) is 3.79. The third-order valence-corrected chi connectivity index (χ3v) is 8.06. The normalized spacial score (nSPS) is 18.7. The van der Waals surface area contributed by atoms with E-state index in [1.54, 1.807) is 0 Å². The fourth-order valence-corrected chi connectivity index (χ4v) is 5.05. The lowest BCUT2D eigenvalue weighted by Gasteiger charge is -2.31. The zero-order valence-corrected chi connectivity index (χ0v) is 24.3. The van der Waals surface area contributed by atoms with Gasteiger partial charge in [0, 0.05) is 40.2 Å². The molecular weight excluding hydrogens is 610 g/mol. The third kappa shape index (κ3) is 5.60. The number of nitrogens with zero attached hydrogens (tertiary/aromatic N) is 3. The van der Waals surface area contributed by atoms with Crippen LogP contribution < -0.4 is 20.5 Å². The van der Waals surface area contributed by atoms with Crippen LogP contribution in [0.1, 0.15) is 41.4 Å². The lowest BCUT2D eigenvalue weighted by atomic mass is 9.81. The first kappa shape index (κ1) is 30.9. The number of carbonyl (C=O) groups is 2. The van der Waals surface area contributed by atoms with Gasteiger partial charge in [-0.3, -0.25) is 9.59 Å². The van der Waals surface area contributed by atoms with Crippen LogP contribution in [0.4, 0.5) is 17.6 Å². The second-order valence-corrected chi connectivity index (χ2v) is 11.4. The molecule has 4 aromatic rings. The molecule has 4 N–H and O–H groups in total. The van der Waals surface area contributed by atoms with Crippen LogP contribution in [0, 0.1) is 5.82 Å². The van der Waals surface area contributed by atoms with Gasteiger partial charge in [-0.2, -0.15) is 13.2 Å². The van der Waals surface area contributed by atoms with Gasteiger partial charge in [0.25, 0.3) is 5.91 Å². The molecule has 3 heterocycles. The molecule has 2 amide bonds. The second-order valence-electron chi connectivity index (χ2n) is 11.4. The summed E-state index contributed by atoms with van der Waals surface area (Å²) in [4.78, 5) is 37.8. The van der Waals surface area contributed by atoms with Gasteiger partial charge < -0.3 is 25.6 Å². The number of rotatable bonds is 9. The number of aliphatic hydroxyl groups is 1. The number of benzene rings is 2. The van der Waals surface area contributed by atoms with Crippen molar-refractivity contribution in [3.8, 4) is 33.9 Å². The van der Waals surface area contributed by atoms with Crippen LogP contribution in [-0.2, 0) is 15.8 Å². The van der Waals surface area contributed by atoms with Crippen LogP contribution in [0.5, 0.6) is 11.5 Å². The Bertz CT molecular complexity index is 1820. The van der Waals surface area contributed by atoms with Crippen LogP contribution >= 0.6 is 0 Å². The molecule has 14 heteroatoms. The molecule has 0 saturated heterocycles. The molecule has 1 fully saturated rings. The fraction of sp³-hybridized carbons (Fsp3) is 0.281. The highest BCUT2D eigenvalue weighted by Gasteiger charge is 2.57. The van der Waals surface area contributed by atoms with E-state index < -0.39 is 47.1 Å². The number of hydrogen-bond donors (Lipinski definition) is 3. The molecule has 2 aromatic heterocycles. The minimum absolute atomic E-state index is 0.0184. The summed E-state index contributed by atoms with van der Waals surface area (Å²) in [6, 6.07) is 9.95. The van der Waals surface area contributed by atoms with Gasteiger partial charge in [-0.1, -0.05) is 0 Å². The number of carbonyl (C=O) groups excluding carboxylic acids is 2. The number of alkyl halides is 3. The predicted molar refractivity (Wildman–Crippen MR) is 155 cm³/mol. The van der Waals surface area contributed by atoms with Gasteiger partial charge in [0.2, 0.25) is 11.5 Å². The average molecular weight is 638 g/mol. The fourth-order valence-electron chi connectivity index (χ4n) is 5.05. The Balaban J connectivity index is 1.38. The zero-order chi connectivity index (χ0) is 32.9. The van der Waals surface area contributed by atoms with E-state index in [-0.39, 0.29) is 40.8 Å². The van der Waals surface area contributed by atoms with Crippen LogP contribution in [0.2, 0.25) is 0 Å². The molecule has 6 rings (SSSR count). The van der Waals surface area contributed by atoms with Gasteiger partial charge in [0.1, 0.15) is 41.4 Å². The summed E-state index contributed by atoms with van der Waals surface area (Å²) >= 11 is 0. The van der Waals surface area contributed by atoms with E-state index >= 15 is 0 Å². The van der Waals surface area contributed by atoms with Crippen molar-refractivity contribution in [1.82, 2.24) is 20.3 Å². The molecular formula is C32H27F4N5O5. The number of pyridine rings is 1. The number of hydrogen-bond acceptors (Lipinski definition) is 8. The number of ether oxygens (including phenoxy) is 2. The monoisotopic (exact) mass is 637 g/mol. The Morgan fingerprint density at radius 3 is 2.41 bits per heavy atom. The van der Waals surface area contributed by atoms with Gasteiger partial charge in [-0.05, 0) is 68.3 Å². The smallest absolute Gasteiger partial charge is 0.424 e. The van der Waals surface area contributed by atoms with Crippen molar-refractivity contribution in [1.29, 1.82) is 0 Å². The Morgan fingerprint density at radius 1 is 1.09 bits per heavy atom. The van der Waals surface area contributed by atoms with Crippen molar-refractivity contribution in [2.24, 2.45) is 5.73 Å². The lowest BCUT2D eigenvalue weighted by Crippen LogP contribution is -2.51. The molecule has 10 nitrogen and oxygen atoms in total. The first-order chi connectivity index (χ1) is 21.8. The largest absolute Gasteiger partial charge is 0.490 e. The van der Waals surface area contributed by atoms with Gasteiger partial charge in [-0.25, -0.2) is 19.3 Å². The Kier molecular flexibility index (Phi) is 7.63. The summed E-state index contributed by atoms with van der Waals surface area (Å²) in [6.07, 6.45) is 0.735. The van der Waals surface area contributed by atoms with E-state index in [9.17, 15) is 32.3 Å². The minimum Gasteiger partial charge on any atom is -0.490 e. The summed E-state index contributed by atoms with van der Waals surface area (Å²) in [6.45, 7) is -0.255. The SMILES string of the molecule is C[C@]1(C(N)=O)COc2c1cc(C(O)(CNC(=O)c1ccc(OC3CC3)c(-c3cncnc3)c1)C(F)(F)F)nc2-c1ccc(F)cc1. The van der Waals surface area contributed by atoms with Gasteiger partial charge >= 0.3 is 6.18 Å². The number of amides is 2. The van der Waals surface area contributed by atoms with Crippen molar-refractivity contribution in [3.05, 3.63) is 89.9 Å². The highest BCUT2D eigenvalue weighted by Crippen LogP contribution is 2.47. The van der Waals surface area contributed by atoms with E-state index in [2.05, 4.69) is 20.3 Å². The molecule has 1 aliphatic heterocycles. The Hall–Kier alpha value is -5.11. The van der Waals surface area contributed by atoms with Crippen molar-refractivity contribution >= 4 is 11.8 Å². The number of nitrogens with one attached hydrogen (secondary N) is 1. The highest BCUT2D eigenvalue weighted by molar-refractivity contribution is 5.96. The van der Waals surface area contributed by atoms with E-state index in [1.807, 2.05) is 0 Å². The second kappa shape index (κ2) is 11.4. The van der Waals surface area contributed by atoms with Gasteiger partial charge in [-0.15, -0.1) is 0 Å². The maximum Gasteiger partial charge on any atom is 0.424 e. The lowest BCUT2D eigenvalue weighted by molar-refractivity contribution is -0.265. The molecule has 238 valence electrons. The predicted octanol–water partition coefficient (Wildman–Crippen LogP) is 4.20. The molecule has 2 aromatic carbocycles. The van der Waals surface area contributed by atoms with Gasteiger partial charge in [0.15, 0.2) is 0 Å². The topological polar surface area (TPSA) is 150 Å². The maximum atomic E-state index is 14.8. The van der Waals surface area contributed by atoms with Crippen molar-refractivity contribution < 1.29 is 41.7 Å². The number of halogens is 4. The molecule has 1 aliphatic carbocycles. The van der Waals surface area contributed by atoms with Crippen LogP contribution in [0.15, 0.2) is 67.3 Å². The van der Waals surface area contributed by atoms with Crippen molar-refractivity contribution in [2.45, 2.75) is 43.1 Å².